The number of carbonyl (C=O) groups excluding carboxylic acids is 2. The van der Waals surface area contributed by atoms with Crippen molar-refractivity contribution in [1.82, 2.24) is 9.88 Å². The molecule has 0 aromatic carbocycles. The summed E-state index contributed by atoms with van der Waals surface area (Å²) >= 11 is 1.42. The van der Waals surface area contributed by atoms with E-state index in [-0.39, 0.29) is 7.43 Å². The molecule has 2 aromatic rings. The van der Waals surface area contributed by atoms with Crippen LogP contribution >= 0.6 is 11.3 Å². The summed E-state index contributed by atoms with van der Waals surface area (Å²) in [5.74, 6) is -0.505. The minimum Gasteiger partial charge on any atom is -0.365 e. The number of aromatic nitrogens is 1. The number of thiophene rings is 1. The number of nitrogens with two attached hydrogens (primary N) is 1. The highest BCUT2D eigenvalue weighted by Gasteiger charge is 2.27. The van der Waals surface area contributed by atoms with Gasteiger partial charge in [-0.25, -0.2) is 4.79 Å². The Morgan fingerprint density at radius 2 is 2.20 bits per heavy atom. The fraction of sp³-hybridized carbons (Fsp3) is 0.353. The van der Waals surface area contributed by atoms with E-state index in [0.717, 1.165) is 36.5 Å². The van der Waals surface area contributed by atoms with Crippen molar-refractivity contribution in [1.29, 1.82) is 0 Å². The molecule has 3 amide bonds. The predicted molar refractivity (Wildman–Crippen MR) is 101 cm³/mol. The van der Waals surface area contributed by atoms with Gasteiger partial charge in [-0.1, -0.05) is 14.4 Å². The van der Waals surface area contributed by atoms with Crippen molar-refractivity contribution >= 4 is 34.0 Å². The smallest absolute Gasteiger partial charge is 0.324 e. The summed E-state index contributed by atoms with van der Waals surface area (Å²) in [6.07, 6.45) is 3.94. The number of likely N-dealkylation sites (N-methyl/N-ethyl adjacent to an activating group) is 1. The zero-order valence-corrected chi connectivity index (χ0v) is 14.2. The lowest BCUT2D eigenvalue weighted by molar-refractivity contribution is 0.1000. The molecule has 0 fully saturated rings. The molecular weight excluding hydrogens is 338 g/mol. The van der Waals surface area contributed by atoms with Crippen LogP contribution in [-0.2, 0) is 13.0 Å². The van der Waals surface area contributed by atoms with Gasteiger partial charge in [-0.05, 0) is 30.7 Å². The number of carbonyl (C=O) groups is 2. The molecule has 1 aliphatic rings. The summed E-state index contributed by atoms with van der Waals surface area (Å²) in [6.45, 7) is 4.73. The molecule has 0 bridgehead atoms. The van der Waals surface area contributed by atoms with Crippen molar-refractivity contribution in [3.05, 3.63) is 40.5 Å². The molecule has 0 radical (unpaired) electrons. The fourth-order valence-electron chi connectivity index (χ4n) is 2.78. The lowest BCUT2D eigenvalue weighted by Gasteiger charge is -2.25. The Balaban J connectivity index is 0.00000225. The van der Waals surface area contributed by atoms with E-state index >= 15 is 0 Å². The van der Waals surface area contributed by atoms with Gasteiger partial charge in [0.05, 0.1) is 17.4 Å². The van der Waals surface area contributed by atoms with Gasteiger partial charge in [0.2, 0.25) is 0 Å². The van der Waals surface area contributed by atoms with Crippen LogP contribution in [0.3, 0.4) is 0 Å². The average Bonchev–Trinajstić information content (AvgIpc) is 2.92. The molecule has 1 aliphatic heterocycles. The standard InChI is InChI=1S/C16H19N5O2S.CH4/c1-2-21-7-5-11-12(9-21)24-15(13(11)14(17)22)20-16(23)19-10-4-3-6-18-8-10;/h3-4,6,8H,2,5,7,9H2,1H3,(H2,17,22)(H2,19,20,23);1H4. The van der Waals surface area contributed by atoms with E-state index in [9.17, 15) is 9.59 Å². The maximum atomic E-state index is 12.2. The number of rotatable bonds is 4. The quantitative estimate of drug-likeness (QED) is 0.779. The third-order valence-corrected chi connectivity index (χ3v) is 5.11. The first kappa shape index (κ1) is 18.9. The Morgan fingerprint density at radius 1 is 1.40 bits per heavy atom. The van der Waals surface area contributed by atoms with Crippen LogP contribution in [0, 0.1) is 0 Å². The number of anilines is 2. The first-order valence-corrected chi connectivity index (χ1v) is 8.54. The Bertz CT molecular complexity index is 760. The number of hydrogen-bond acceptors (Lipinski definition) is 5. The molecule has 0 aliphatic carbocycles. The van der Waals surface area contributed by atoms with Crippen LogP contribution in [-0.4, -0.2) is 34.9 Å². The highest BCUT2D eigenvalue weighted by molar-refractivity contribution is 7.17. The maximum Gasteiger partial charge on any atom is 0.324 e. The molecule has 0 unspecified atom stereocenters. The predicted octanol–water partition coefficient (Wildman–Crippen LogP) is 2.90. The van der Waals surface area contributed by atoms with Crippen LogP contribution in [0.15, 0.2) is 24.5 Å². The van der Waals surface area contributed by atoms with E-state index in [1.807, 2.05) is 0 Å². The van der Waals surface area contributed by atoms with Gasteiger partial charge in [0, 0.05) is 24.2 Å². The van der Waals surface area contributed by atoms with Gasteiger partial charge in [0.25, 0.3) is 5.91 Å². The second-order valence-corrected chi connectivity index (χ2v) is 6.62. The molecule has 3 rings (SSSR count). The topological polar surface area (TPSA) is 100 Å². The van der Waals surface area contributed by atoms with E-state index < -0.39 is 11.9 Å². The molecule has 134 valence electrons. The van der Waals surface area contributed by atoms with E-state index in [1.54, 1.807) is 24.5 Å². The van der Waals surface area contributed by atoms with Gasteiger partial charge < -0.3 is 11.1 Å². The first-order valence-electron chi connectivity index (χ1n) is 7.73. The monoisotopic (exact) mass is 361 g/mol. The van der Waals surface area contributed by atoms with Crippen LogP contribution in [0.25, 0.3) is 0 Å². The number of amides is 3. The van der Waals surface area contributed by atoms with Crippen LogP contribution in [0.5, 0.6) is 0 Å². The van der Waals surface area contributed by atoms with Gasteiger partial charge in [-0.2, -0.15) is 0 Å². The number of primary amides is 1. The van der Waals surface area contributed by atoms with Crippen LogP contribution < -0.4 is 16.4 Å². The van der Waals surface area contributed by atoms with E-state index in [0.29, 0.717) is 16.3 Å². The number of pyridine rings is 1. The molecule has 2 aromatic heterocycles. The van der Waals surface area contributed by atoms with Crippen molar-refractivity contribution in [3.8, 4) is 0 Å². The van der Waals surface area contributed by atoms with Crippen molar-refractivity contribution in [2.24, 2.45) is 5.73 Å². The Kier molecular flexibility index (Phi) is 6.11. The number of hydrogen-bond donors (Lipinski definition) is 3. The summed E-state index contributed by atoms with van der Waals surface area (Å²) in [4.78, 5) is 31.4. The van der Waals surface area contributed by atoms with Crippen molar-refractivity contribution in [3.63, 3.8) is 0 Å². The normalized spacial score (nSPS) is 13.5. The number of nitrogens with one attached hydrogen (secondary N) is 2. The lowest BCUT2D eigenvalue weighted by atomic mass is 10.0. The highest BCUT2D eigenvalue weighted by atomic mass is 32.1. The second-order valence-electron chi connectivity index (χ2n) is 5.51. The minimum absolute atomic E-state index is 0. The summed E-state index contributed by atoms with van der Waals surface area (Å²) in [6, 6.07) is 3.05. The van der Waals surface area contributed by atoms with Gasteiger partial charge >= 0.3 is 6.03 Å². The third kappa shape index (κ3) is 4.15. The van der Waals surface area contributed by atoms with Crippen molar-refractivity contribution < 1.29 is 9.59 Å². The SMILES string of the molecule is C.CCN1CCc2c(sc(NC(=O)Nc3cccnc3)c2C(N)=O)C1. The highest BCUT2D eigenvalue weighted by Crippen LogP contribution is 2.36. The first-order chi connectivity index (χ1) is 11.6. The van der Waals surface area contributed by atoms with Gasteiger partial charge in [0.15, 0.2) is 0 Å². The summed E-state index contributed by atoms with van der Waals surface area (Å²) in [5, 5.41) is 5.95. The van der Waals surface area contributed by atoms with Gasteiger partial charge in [-0.15, -0.1) is 11.3 Å². The largest absolute Gasteiger partial charge is 0.365 e. The van der Waals surface area contributed by atoms with Gasteiger partial charge in [-0.3, -0.25) is 20.0 Å². The molecule has 0 saturated carbocycles. The molecule has 25 heavy (non-hydrogen) atoms. The second kappa shape index (κ2) is 8.09. The molecular formula is C17H23N5O2S. The Morgan fingerprint density at radius 3 is 2.84 bits per heavy atom. The number of urea groups is 1. The molecule has 4 N–H and O–H groups in total. The third-order valence-electron chi connectivity index (χ3n) is 3.98. The summed E-state index contributed by atoms with van der Waals surface area (Å²) < 4.78 is 0. The van der Waals surface area contributed by atoms with E-state index in [4.69, 9.17) is 5.73 Å². The van der Waals surface area contributed by atoms with E-state index in [1.165, 1.54) is 11.3 Å². The van der Waals surface area contributed by atoms with E-state index in [2.05, 4.69) is 27.4 Å². The lowest BCUT2D eigenvalue weighted by Crippen LogP contribution is -2.30. The zero-order valence-electron chi connectivity index (χ0n) is 13.3. The molecule has 7 nitrogen and oxygen atoms in total. The Hall–Kier alpha value is -2.45. The van der Waals surface area contributed by atoms with Crippen molar-refractivity contribution in [2.75, 3.05) is 23.7 Å². The van der Waals surface area contributed by atoms with Crippen molar-refractivity contribution in [2.45, 2.75) is 27.3 Å². The number of nitrogens with zero attached hydrogens (tertiary/aromatic N) is 2. The van der Waals surface area contributed by atoms with Gasteiger partial charge in [0.1, 0.15) is 5.00 Å². The molecule has 0 saturated heterocycles. The Labute approximate surface area is 151 Å². The molecule has 0 atom stereocenters. The van der Waals surface area contributed by atoms with Crippen LogP contribution in [0.2, 0.25) is 0 Å². The average molecular weight is 361 g/mol. The zero-order chi connectivity index (χ0) is 17.1. The minimum atomic E-state index is -0.505. The van der Waals surface area contributed by atoms with Crippen LogP contribution in [0.1, 0.15) is 35.1 Å². The van der Waals surface area contributed by atoms with Crippen LogP contribution in [0.4, 0.5) is 15.5 Å². The summed E-state index contributed by atoms with van der Waals surface area (Å²) in [7, 11) is 0. The molecule has 0 spiro atoms. The maximum absolute atomic E-state index is 12.2. The number of fused-ring (bicyclic) bond motifs is 1. The summed E-state index contributed by atoms with van der Waals surface area (Å²) in [5.41, 5.74) is 7.53. The molecule has 8 heteroatoms. The molecule has 3 heterocycles. The fourth-order valence-corrected chi connectivity index (χ4v) is 4.07.